The predicted octanol–water partition coefficient (Wildman–Crippen LogP) is 4.39. The molecule has 1 heterocycles. The summed E-state index contributed by atoms with van der Waals surface area (Å²) >= 11 is 0. The summed E-state index contributed by atoms with van der Waals surface area (Å²) in [4.78, 5) is 0. The van der Waals surface area contributed by atoms with E-state index in [1.54, 1.807) is 0 Å². The molecule has 1 fully saturated rings. The molecule has 0 N–H and O–H groups in total. The van der Waals surface area contributed by atoms with E-state index in [1.807, 2.05) is 19.1 Å². The third-order valence-corrected chi connectivity index (χ3v) is 2.94. The minimum Gasteiger partial charge on any atom is -0.347 e. The SMILES string of the molecule is CC(C)=CCC/C(C)=C/C=C/C1(C)OCCCO1. The molecular weight excluding hydrogens is 224 g/mol. The number of allylic oxidation sites excluding steroid dienone is 5. The first kappa shape index (κ1) is 15.2. The van der Waals surface area contributed by atoms with Gasteiger partial charge < -0.3 is 9.47 Å². The van der Waals surface area contributed by atoms with Gasteiger partial charge in [0.05, 0.1) is 13.2 Å². The Morgan fingerprint density at radius 1 is 1.17 bits per heavy atom. The highest BCUT2D eigenvalue weighted by Crippen LogP contribution is 2.19. The largest absolute Gasteiger partial charge is 0.347 e. The summed E-state index contributed by atoms with van der Waals surface area (Å²) in [5, 5.41) is 0. The molecule has 0 bridgehead atoms. The average Bonchev–Trinajstić information content (AvgIpc) is 2.29. The fourth-order valence-corrected chi connectivity index (χ4v) is 1.81. The van der Waals surface area contributed by atoms with Crippen molar-refractivity contribution in [1.29, 1.82) is 0 Å². The highest BCUT2D eigenvalue weighted by atomic mass is 16.7. The van der Waals surface area contributed by atoms with Gasteiger partial charge in [0.1, 0.15) is 0 Å². The molecule has 2 heteroatoms. The molecule has 0 amide bonds. The summed E-state index contributed by atoms with van der Waals surface area (Å²) < 4.78 is 11.2. The lowest BCUT2D eigenvalue weighted by Crippen LogP contribution is -2.35. The molecule has 1 saturated heterocycles. The highest BCUT2D eigenvalue weighted by Gasteiger charge is 2.24. The zero-order chi connectivity index (χ0) is 13.4. The van der Waals surface area contributed by atoms with Gasteiger partial charge in [0.2, 0.25) is 0 Å². The molecular formula is C16H26O2. The Kier molecular flexibility index (Phi) is 6.37. The first-order valence-corrected chi connectivity index (χ1v) is 6.78. The van der Waals surface area contributed by atoms with Gasteiger partial charge in [0, 0.05) is 0 Å². The van der Waals surface area contributed by atoms with E-state index in [0.717, 1.165) is 32.5 Å². The van der Waals surface area contributed by atoms with Gasteiger partial charge in [-0.25, -0.2) is 0 Å². The Bertz CT molecular complexity index is 327. The van der Waals surface area contributed by atoms with Crippen molar-refractivity contribution in [3.05, 3.63) is 35.5 Å². The van der Waals surface area contributed by atoms with Gasteiger partial charge in [-0.05, 0) is 53.0 Å². The van der Waals surface area contributed by atoms with Crippen molar-refractivity contribution in [3.8, 4) is 0 Å². The van der Waals surface area contributed by atoms with E-state index in [2.05, 4.69) is 32.9 Å². The van der Waals surface area contributed by atoms with Gasteiger partial charge in [-0.1, -0.05) is 29.4 Å². The van der Waals surface area contributed by atoms with Crippen molar-refractivity contribution in [2.45, 2.75) is 52.7 Å². The lowest BCUT2D eigenvalue weighted by molar-refractivity contribution is -0.224. The maximum Gasteiger partial charge on any atom is 0.185 e. The third kappa shape index (κ3) is 6.18. The van der Waals surface area contributed by atoms with Gasteiger partial charge >= 0.3 is 0 Å². The fraction of sp³-hybridized carbons (Fsp3) is 0.625. The Hall–Kier alpha value is -0.860. The van der Waals surface area contributed by atoms with Gasteiger partial charge in [-0.2, -0.15) is 0 Å². The molecule has 1 aliphatic heterocycles. The third-order valence-electron chi connectivity index (χ3n) is 2.94. The van der Waals surface area contributed by atoms with E-state index in [-0.39, 0.29) is 0 Å². The van der Waals surface area contributed by atoms with Crippen LogP contribution in [-0.4, -0.2) is 19.0 Å². The van der Waals surface area contributed by atoms with Crippen LogP contribution in [0.3, 0.4) is 0 Å². The van der Waals surface area contributed by atoms with Crippen LogP contribution in [0, 0.1) is 0 Å². The summed E-state index contributed by atoms with van der Waals surface area (Å²) in [6, 6.07) is 0. The summed E-state index contributed by atoms with van der Waals surface area (Å²) in [6.45, 7) is 9.96. The summed E-state index contributed by atoms with van der Waals surface area (Å²) in [7, 11) is 0. The maximum absolute atomic E-state index is 5.61. The Labute approximate surface area is 111 Å². The summed E-state index contributed by atoms with van der Waals surface area (Å²) in [6.07, 6.45) is 11.7. The predicted molar refractivity (Wildman–Crippen MR) is 76.5 cm³/mol. The molecule has 0 aliphatic carbocycles. The van der Waals surface area contributed by atoms with Gasteiger partial charge in [-0.3, -0.25) is 0 Å². The van der Waals surface area contributed by atoms with Crippen molar-refractivity contribution >= 4 is 0 Å². The Balaban J connectivity index is 2.39. The molecule has 0 aromatic carbocycles. The zero-order valence-corrected chi connectivity index (χ0v) is 12.2. The lowest BCUT2D eigenvalue weighted by atomic mass is 10.1. The second kappa shape index (κ2) is 7.55. The highest BCUT2D eigenvalue weighted by molar-refractivity contribution is 5.13. The van der Waals surface area contributed by atoms with E-state index < -0.39 is 5.79 Å². The molecule has 0 atom stereocenters. The van der Waals surface area contributed by atoms with Gasteiger partial charge in [0.15, 0.2) is 5.79 Å². The molecule has 0 spiro atoms. The van der Waals surface area contributed by atoms with E-state index in [9.17, 15) is 0 Å². The number of hydrogen-bond donors (Lipinski definition) is 0. The minimum atomic E-state index is -0.533. The normalized spacial score (nSPS) is 20.1. The van der Waals surface area contributed by atoms with Crippen LogP contribution in [0.25, 0.3) is 0 Å². The summed E-state index contributed by atoms with van der Waals surface area (Å²) in [5.74, 6) is -0.533. The molecule has 2 nitrogen and oxygen atoms in total. The molecule has 0 unspecified atom stereocenters. The first-order valence-electron chi connectivity index (χ1n) is 6.78. The van der Waals surface area contributed by atoms with Crippen LogP contribution in [-0.2, 0) is 9.47 Å². The van der Waals surface area contributed by atoms with Crippen LogP contribution in [0.5, 0.6) is 0 Å². The first-order chi connectivity index (χ1) is 8.52. The number of rotatable bonds is 5. The van der Waals surface area contributed by atoms with Crippen LogP contribution in [0.1, 0.15) is 47.0 Å². The molecule has 1 rings (SSSR count). The maximum atomic E-state index is 5.61. The van der Waals surface area contributed by atoms with Gasteiger partial charge in [0.25, 0.3) is 0 Å². The molecule has 1 aliphatic rings. The second-order valence-corrected chi connectivity index (χ2v) is 5.26. The fourth-order valence-electron chi connectivity index (χ4n) is 1.81. The van der Waals surface area contributed by atoms with Crippen LogP contribution in [0.4, 0.5) is 0 Å². The smallest absolute Gasteiger partial charge is 0.185 e. The van der Waals surface area contributed by atoms with E-state index in [1.165, 1.54) is 11.1 Å². The lowest BCUT2D eigenvalue weighted by Gasteiger charge is -2.30. The van der Waals surface area contributed by atoms with Crippen molar-refractivity contribution in [3.63, 3.8) is 0 Å². The van der Waals surface area contributed by atoms with E-state index in [0.29, 0.717) is 0 Å². The summed E-state index contributed by atoms with van der Waals surface area (Å²) in [5.41, 5.74) is 2.76. The average molecular weight is 250 g/mol. The molecule has 0 radical (unpaired) electrons. The Morgan fingerprint density at radius 3 is 2.44 bits per heavy atom. The molecule has 0 saturated carbocycles. The van der Waals surface area contributed by atoms with Crippen molar-refractivity contribution in [1.82, 2.24) is 0 Å². The minimum absolute atomic E-state index is 0.533. The molecule has 102 valence electrons. The van der Waals surface area contributed by atoms with Crippen molar-refractivity contribution < 1.29 is 9.47 Å². The van der Waals surface area contributed by atoms with Crippen LogP contribution in [0.15, 0.2) is 35.5 Å². The van der Waals surface area contributed by atoms with E-state index >= 15 is 0 Å². The van der Waals surface area contributed by atoms with Gasteiger partial charge in [-0.15, -0.1) is 0 Å². The quantitative estimate of drug-likeness (QED) is 0.532. The van der Waals surface area contributed by atoms with Crippen LogP contribution < -0.4 is 0 Å². The second-order valence-electron chi connectivity index (χ2n) is 5.26. The molecule has 0 aromatic heterocycles. The zero-order valence-electron chi connectivity index (χ0n) is 12.2. The number of ether oxygens (including phenoxy) is 2. The van der Waals surface area contributed by atoms with Crippen LogP contribution in [0.2, 0.25) is 0 Å². The van der Waals surface area contributed by atoms with Crippen molar-refractivity contribution in [2.75, 3.05) is 13.2 Å². The monoisotopic (exact) mass is 250 g/mol. The topological polar surface area (TPSA) is 18.5 Å². The molecule has 0 aromatic rings. The van der Waals surface area contributed by atoms with Crippen LogP contribution >= 0.6 is 0 Å². The molecule has 18 heavy (non-hydrogen) atoms. The number of hydrogen-bond acceptors (Lipinski definition) is 2. The van der Waals surface area contributed by atoms with E-state index in [4.69, 9.17) is 9.47 Å². The Morgan fingerprint density at radius 2 is 1.83 bits per heavy atom. The van der Waals surface area contributed by atoms with Crippen molar-refractivity contribution in [2.24, 2.45) is 0 Å². The standard InChI is InChI=1S/C16H26O2/c1-14(2)8-5-9-15(3)10-6-11-16(4)17-12-7-13-18-16/h6,8,10-11H,5,7,9,12-13H2,1-4H3/b11-6+,15-10+.